The van der Waals surface area contributed by atoms with Crippen LogP contribution in [0.5, 0.6) is 0 Å². The van der Waals surface area contributed by atoms with E-state index in [-0.39, 0.29) is 51.4 Å². The van der Waals surface area contributed by atoms with Crippen molar-refractivity contribution in [3.8, 4) is 33.4 Å². The van der Waals surface area contributed by atoms with Gasteiger partial charge in [-0.2, -0.15) is 13.5 Å². The van der Waals surface area contributed by atoms with Gasteiger partial charge >= 0.3 is 24.4 Å². The molecule has 8 aromatic rings. The predicted octanol–water partition coefficient (Wildman–Crippen LogP) is 12.8. The van der Waals surface area contributed by atoms with E-state index in [1.807, 2.05) is 91.6 Å². The number of hydrogen-bond acceptors (Lipinski definition) is 18. The van der Waals surface area contributed by atoms with Crippen molar-refractivity contribution >= 4 is 108 Å². The van der Waals surface area contributed by atoms with Crippen LogP contribution in [0.2, 0.25) is 0 Å². The van der Waals surface area contributed by atoms with Gasteiger partial charge in [0.2, 0.25) is 0 Å². The third-order valence-electron chi connectivity index (χ3n) is 14.4. The average molecular weight is 1420 g/mol. The van der Waals surface area contributed by atoms with E-state index in [0.29, 0.717) is 57.0 Å². The molecule has 20 nitrogen and oxygen atoms in total. The van der Waals surface area contributed by atoms with Gasteiger partial charge in [-0.1, -0.05) is 36.4 Å². The van der Waals surface area contributed by atoms with Gasteiger partial charge < -0.3 is 29.2 Å². The summed E-state index contributed by atoms with van der Waals surface area (Å²) in [6.07, 6.45) is 5.34. The summed E-state index contributed by atoms with van der Waals surface area (Å²) < 4.78 is 106. The van der Waals surface area contributed by atoms with Crippen molar-refractivity contribution < 1.29 is 78.5 Å². The smallest absolute Gasteiger partial charge is 0.414 e. The lowest BCUT2D eigenvalue weighted by molar-refractivity contribution is 0.0960. The van der Waals surface area contributed by atoms with Crippen molar-refractivity contribution in [3.05, 3.63) is 186 Å². The number of cyclic esters (lactones) is 4. The number of amides is 4. The maximum Gasteiger partial charge on any atom is 0.414 e. The summed E-state index contributed by atoms with van der Waals surface area (Å²) in [6.45, 7) is 0.516. The first-order valence-corrected chi connectivity index (χ1v) is 34.5. The molecule has 0 radical (unpaired) electrons. The molecule has 7 aromatic carbocycles. The van der Waals surface area contributed by atoms with Gasteiger partial charge in [0.15, 0.2) is 0 Å². The molecule has 4 saturated heterocycles. The van der Waals surface area contributed by atoms with Crippen molar-refractivity contribution in [1.29, 1.82) is 0 Å². The van der Waals surface area contributed by atoms with Gasteiger partial charge in [0.1, 0.15) is 66.9 Å². The van der Waals surface area contributed by atoms with Crippen molar-refractivity contribution in [3.63, 3.8) is 0 Å². The molecule has 488 valence electrons. The van der Waals surface area contributed by atoms with Crippen LogP contribution in [0.15, 0.2) is 177 Å². The molecule has 0 saturated carbocycles. The SMILES string of the molecule is CSc1ccc(-c2ccc(N3C[C@H](CO)OC3=O)cc2F)cc1.CSc1ccc(-c2ccc(N3C[C@H](COS(C)(=O)=O)OC3=O)cc2F)cc1.CSc1ccc(-c2ccc(N3C[C@H](Cn4cncn4)OC3=O)cc2F)cc1.O=C1O[C@@H](CO)CN1c1ccc(Br)c(F)c1. The zero-order valence-electron chi connectivity index (χ0n) is 50.0. The largest absolute Gasteiger partial charge is 0.442 e. The maximum atomic E-state index is 14.7. The summed E-state index contributed by atoms with van der Waals surface area (Å²) in [5, 5.41) is 21.9. The molecule has 1 aromatic heterocycles. The number of anilines is 4. The van der Waals surface area contributed by atoms with Gasteiger partial charge in [0.05, 0.1) is 79.4 Å². The fourth-order valence-corrected chi connectivity index (χ4v) is 11.6. The van der Waals surface area contributed by atoms with Crippen LogP contribution in [-0.2, 0) is 39.8 Å². The summed E-state index contributed by atoms with van der Waals surface area (Å²) >= 11 is 7.89. The molecule has 0 spiro atoms. The fraction of sp³-hybridized carbons (Fsp3) is 0.250. The average Bonchev–Trinajstić information content (AvgIpc) is 2.04. The van der Waals surface area contributed by atoms with E-state index in [1.54, 1.807) is 88.8 Å². The first-order chi connectivity index (χ1) is 44.6. The lowest BCUT2D eigenvalue weighted by Crippen LogP contribution is -2.26. The Hall–Kier alpha value is -8.16. The molecule has 12 rings (SSSR count). The monoisotopic (exact) mass is 1420 g/mol. The second kappa shape index (κ2) is 31.6. The van der Waals surface area contributed by atoms with Crippen LogP contribution in [0, 0.1) is 23.3 Å². The normalized spacial score (nSPS) is 17.6. The van der Waals surface area contributed by atoms with Gasteiger partial charge in [-0.15, -0.1) is 35.3 Å². The molecule has 0 aliphatic carbocycles. The minimum absolute atomic E-state index is 0.0789. The third-order valence-corrected chi connectivity index (χ3v) is 17.9. The Labute approximate surface area is 554 Å². The number of aliphatic hydroxyl groups excluding tert-OH is 2. The summed E-state index contributed by atoms with van der Waals surface area (Å²) in [4.78, 5) is 59.8. The second-order valence-corrected chi connectivity index (χ2v) is 25.9. The zero-order valence-corrected chi connectivity index (χ0v) is 54.9. The molecular weight excluding hydrogens is 1360 g/mol. The van der Waals surface area contributed by atoms with Gasteiger partial charge in [-0.05, 0) is 161 Å². The number of rotatable bonds is 17. The predicted molar refractivity (Wildman–Crippen MR) is 350 cm³/mol. The summed E-state index contributed by atoms with van der Waals surface area (Å²) in [5.74, 6) is -1.69. The molecule has 93 heavy (non-hydrogen) atoms. The standard InChI is InChI=1S/C19H17FN4O2S.C18H18FNO5S2.C17H16FNO3S.C10H9BrFNO3/c1-27-16-5-2-13(3-6-16)17-7-4-14(8-18(17)20)24-10-15(26-19(24)25)9-23-12-21-11-22-23;1-26-15-6-3-12(4-7-15)16-8-5-13(9-17(16)19)20-10-14(25-18(20)21)11-24-27(2,22)23;1-23-14-5-2-11(3-6-14)15-7-4-12(8-16(15)18)19-9-13(10-20)22-17(19)21;11-8-2-1-6(3-9(8)12)13-4-7(5-14)16-10(13)15/h2-8,11-12,15H,9-10H2,1H3;3-9,14H,10-11H2,1-2H3;2-8,13,20H,9-10H2,1H3;1-3,7,14H,4-5H2/t15-;14-;13-;7-/m0111/s1. The Balaban J connectivity index is 0.000000149. The number of carbonyl (C=O) groups excluding carboxylic acids is 4. The number of nitrogens with zero attached hydrogens (tertiary/aromatic N) is 7. The summed E-state index contributed by atoms with van der Waals surface area (Å²) in [6, 6.07) is 41.1. The topological polar surface area (TPSA) is 233 Å². The van der Waals surface area contributed by atoms with Crippen LogP contribution in [0.1, 0.15) is 0 Å². The Morgan fingerprint density at radius 2 is 0.839 bits per heavy atom. The third kappa shape index (κ3) is 18.0. The molecule has 4 fully saturated rings. The fourth-order valence-electron chi connectivity index (χ4n) is 9.72. The van der Waals surface area contributed by atoms with Crippen LogP contribution in [0.4, 0.5) is 59.5 Å². The molecule has 0 unspecified atom stereocenters. The highest BCUT2D eigenvalue weighted by molar-refractivity contribution is 9.10. The van der Waals surface area contributed by atoms with Gasteiger partial charge in [-0.3, -0.25) is 23.8 Å². The molecule has 4 aliphatic heterocycles. The van der Waals surface area contributed by atoms with E-state index in [2.05, 4.69) is 30.2 Å². The Kier molecular flexibility index (Phi) is 23.5. The van der Waals surface area contributed by atoms with Crippen LogP contribution < -0.4 is 19.6 Å². The quantitative estimate of drug-likeness (QED) is 0.0373. The Morgan fingerprint density at radius 1 is 0.505 bits per heavy atom. The second-order valence-electron chi connectivity index (χ2n) is 20.7. The van der Waals surface area contributed by atoms with Crippen molar-refractivity contribution in [1.82, 2.24) is 14.8 Å². The van der Waals surface area contributed by atoms with E-state index in [4.69, 9.17) is 29.2 Å². The number of carbonyl (C=O) groups is 4. The molecular formula is C64H60BrF4N7O13S4. The summed E-state index contributed by atoms with van der Waals surface area (Å²) in [5.41, 5.74) is 5.37. The number of hydrogen-bond donors (Lipinski definition) is 2. The van der Waals surface area contributed by atoms with Crippen LogP contribution in [0.3, 0.4) is 0 Å². The lowest BCUT2D eigenvalue weighted by atomic mass is 10.0. The molecule has 2 N–H and O–H groups in total. The van der Waals surface area contributed by atoms with E-state index in [1.165, 1.54) is 56.3 Å². The number of ether oxygens (including phenoxy) is 4. The number of aromatic nitrogens is 3. The van der Waals surface area contributed by atoms with Crippen molar-refractivity contribution in [2.24, 2.45) is 0 Å². The molecule has 29 heteroatoms. The maximum absolute atomic E-state index is 14.7. The highest BCUT2D eigenvalue weighted by Crippen LogP contribution is 2.35. The van der Waals surface area contributed by atoms with E-state index >= 15 is 0 Å². The minimum atomic E-state index is -3.63. The van der Waals surface area contributed by atoms with Crippen LogP contribution in [-0.4, -0.2) is 153 Å². The highest BCUT2D eigenvalue weighted by atomic mass is 79.9. The van der Waals surface area contributed by atoms with Gasteiger partial charge in [0, 0.05) is 31.4 Å². The van der Waals surface area contributed by atoms with Crippen molar-refractivity contribution in [2.75, 3.05) is 90.6 Å². The number of benzene rings is 7. The summed E-state index contributed by atoms with van der Waals surface area (Å²) in [7, 11) is -3.63. The Bertz CT molecular complexity index is 4060. The van der Waals surface area contributed by atoms with Crippen LogP contribution >= 0.6 is 51.2 Å². The Morgan fingerprint density at radius 3 is 1.15 bits per heavy atom. The van der Waals surface area contributed by atoms with E-state index < -0.39 is 70.3 Å². The van der Waals surface area contributed by atoms with E-state index in [9.17, 15) is 45.2 Å². The van der Waals surface area contributed by atoms with Crippen LogP contribution in [0.25, 0.3) is 33.4 Å². The van der Waals surface area contributed by atoms with Gasteiger partial charge in [-0.25, -0.2) is 46.4 Å². The molecule has 0 bridgehead atoms. The molecule has 4 atom stereocenters. The first-order valence-electron chi connectivity index (χ1n) is 28.2. The first kappa shape index (κ1) is 69.2. The van der Waals surface area contributed by atoms with Gasteiger partial charge in [0.25, 0.3) is 10.1 Å². The van der Waals surface area contributed by atoms with E-state index in [0.717, 1.165) is 37.6 Å². The highest BCUT2D eigenvalue weighted by Gasteiger charge is 2.36. The molecule has 5 heterocycles. The molecule has 4 amide bonds. The zero-order chi connectivity index (χ0) is 66.5. The van der Waals surface area contributed by atoms with Crippen molar-refractivity contribution in [2.45, 2.75) is 45.6 Å². The lowest BCUT2D eigenvalue weighted by Gasteiger charge is -2.14. The molecule has 4 aliphatic rings. The number of thioether (sulfide) groups is 3. The number of aliphatic hydroxyl groups is 2. The minimum Gasteiger partial charge on any atom is -0.442 e. The number of halogens is 5.